The lowest BCUT2D eigenvalue weighted by Crippen LogP contribution is -2.33. The lowest BCUT2D eigenvalue weighted by atomic mass is 10.1. The normalized spacial score (nSPS) is 15.3. The van der Waals surface area contributed by atoms with Crippen LogP contribution in [0.1, 0.15) is 25.2 Å². The van der Waals surface area contributed by atoms with Crippen LogP contribution in [-0.2, 0) is 13.0 Å². The summed E-state index contributed by atoms with van der Waals surface area (Å²) in [5.41, 5.74) is 3.46. The van der Waals surface area contributed by atoms with E-state index in [1.54, 1.807) is 0 Å². The van der Waals surface area contributed by atoms with Crippen LogP contribution in [0.4, 0.5) is 0 Å². The molecule has 0 aromatic carbocycles. The summed E-state index contributed by atoms with van der Waals surface area (Å²) in [6, 6.07) is 0. The van der Waals surface area contributed by atoms with Crippen LogP contribution in [0, 0.1) is 0 Å². The molecule has 0 radical (unpaired) electrons. The molecule has 1 aromatic rings. The zero-order chi connectivity index (χ0) is 10.8. The van der Waals surface area contributed by atoms with Crippen molar-refractivity contribution in [1.29, 1.82) is 0 Å². The summed E-state index contributed by atoms with van der Waals surface area (Å²) < 4.78 is 1.98. The fraction of sp³-hybridized carbons (Fsp3) is 0.545. The van der Waals surface area contributed by atoms with E-state index in [1.165, 1.54) is 5.57 Å². The second-order valence-corrected chi connectivity index (χ2v) is 4.10. The Morgan fingerprint density at radius 3 is 2.67 bits per heavy atom. The van der Waals surface area contributed by atoms with Crippen LogP contribution in [0.25, 0.3) is 6.08 Å². The van der Waals surface area contributed by atoms with Crippen LogP contribution in [-0.4, -0.2) is 22.9 Å². The van der Waals surface area contributed by atoms with Crippen LogP contribution in [0.15, 0.2) is 5.57 Å². The summed E-state index contributed by atoms with van der Waals surface area (Å²) >= 11 is 6.29. The van der Waals surface area contributed by atoms with Crippen LogP contribution in [0.5, 0.6) is 0 Å². The molecule has 2 heterocycles. The first-order chi connectivity index (χ1) is 7.26. The van der Waals surface area contributed by atoms with Crippen molar-refractivity contribution in [1.82, 2.24) is 15.1 Å². The number of aryl methyl sites for hydroxylation is 2. The molecule has 4 heteroatoms. The van der Waals surface area contributed by atoms with E-state index in [1.807, 2.05) is 4.68 Å². The molecule has 1 aliphatic heterocycles. The quantitative estimate of drug-likeness (QED) is 0.854. The van der Waals surface area contributed by atoms with Gasteiger partial charge in [-0.25, -0.2) is 0 Å². The molecule has 0 bridgehead atoms. The SMILES string of the molecule is CCc1nn(CC)c(C=C2CNC2)c1Cl. The molecule has 1 aromatic heterocycles. The highest BCUT2D eigenvalue weighted by molar-refractivity contribution is 6.32. The molecule has 0 unspecified atom stereocenters. The first kappa shape index (κ1) is 10.7. The Labute approximate surface area is 95.1 Å². The van der Waals surface area contributed by atoms with Crippen LogP contribution < -0.4 is 5.32 Å². The smallest absolute Gasteiger partial charge is 0.0891 e. The van der Waals surface area contributed by atoms with Gasteiger partial charge in [0.05, 0.1) is 16.4 Å². The summed E-state index contributed by atoms with van der Waals surface area (Å²) in [7, 11) is 0. The van der Waals surface area contributed by atoms with Crippen LogP contribution in [0.3, 0.4) is 0 Å². The Morgan fingerprint density at radius 2 is 2.20 bits per heavy atom. The molecule has 3 nitrogen and oxygen atoms in total. The van der Waals surface area contributed by atoms with E-state index in [4.69, 9.17) is 11.6 Å². The molecule has 1 fully saturated rings. The summed E-state index contributed by atoms with van der Waals surface area (Å²) in [6.45, 7) is 6.99. The second kappa shape index (κ2) is 4.37. The fourth-order valence-corrected chi connectivity index (χ4v) is 2.00. The molecule has 0 aliphatic carbocycles. The Balaban J connectivity index is 2.38. The van der Waals surface area contributed by atoms with Crippen LogP contribution >= 0.6 is 11.6 Å². The third kappa shape index (κ3) is 1.94. The topological polar surface area (TPSA) is 29.9 Å². The van der Waals surface area contributed by atoms with Crippen molar-refractivity contribution in [2.24, 2.45) is 0 Å². The van der Waals surface area contributed by atoms with E-state index in [0.717, 1.165) is 42.5 Å². The molecule has 0 spiro atoms. The van der Waals surface area contributed by atoms with Gasteiger partial charge in [0.25, 0.3) is 0 Å². The predicted octanol–water partition coefficient (Wildman–Crippen LogP) is 2.11. The first-order valence-corrected chi connectivity index (χ1v) is 5.79. The van der Waals surface area contributed by atoms with Gasteiger partial charge in [-0.3, -0.25) is 4.68 Å². The third-order valence-electron chi connectivity index (χ3n) is 2.68. The molecule has 0 atom stereocenters. The average molecular weight is 226 g/mol. The summed E-state index contributed by atoms with van der Waals surface area (Å²) in [6.07, 6.45) is 3.05. The minimum atomic E-state index is 0.818. The maximum atomic E-state index is 6.29. The van der Waals surface area contributed by atoms with Gasteiger partial charge in [0.1, 0.15) is 0 Å². The largest absolute Gasteiger partial charge is 0.309 e. The summed E-state index contributed by atoms with van der Waals surface area (Å²) in [5, 5.41) is 8.51. The van der Waals surface area contributed by atoms with Gasteiger partial charge in [0.15, 0.2) is 0 Å². The Hall–Kier alpha value is -0.800. The minimum Gasteiger partial charge on any atom is -0.309 e. The van der Waals surface area contributed by atoms with Crippen molar-refractivity contribution < 1.29 is 0 Å². The van der Waals surface area contributed by atoms with Crippen molar-refractivity contribution in [2.75, 3.05) is 13.1 Å². The number of nitrogens with zero attached hydrogens (tertiary/aromatic N) is 2. The van der Waals surface area contributed by atoms with Gasteiger partial charge in [-0.05, 0) is 25.0 Å². The molecule has 82 valence electrons. The number of hydrogen-bond donors (Lipinski definition) is 1. The monoisotopic (exact) mass is 225 g/mol. The van der Waals surface area contributed by atoms with Gasteiger partial charge in [-0.15, -0.1) is 0 Å². The van der Waals surface area contributed by atoms with E-state index in [-0.39, 0.29) is 0 Å². The minimum absolute atomic E-state index is 0.818. The molecule has 0 amide bonds. The van der Waals surface area contributed by atoms with Crippen LogP contribution in [0.2, 0.25) is 5.02 Å². The lowest BCUT2D eigenvalue weighted by molar-refractivity contribution is 0.638. The molecule has 15 heavy (non-hydrogen) atoms. The number of hydrogen-bond acceptors (Lipinski definition) is 2. The molecule has 0 saturated carbocycles. The second-order valence-electron chi connectivity index (χ2n) is 3.72. The van der Waals surface area contributed by atoms with Gasteiger partial charge in [0.2, 0.25) is 0 Å². The molecule has 1 N–H and O–H groups in total. The molecular weight excluding hydrogens is 210 g/mol. The van der Waals surface area contributed by atoms with Gasteiger partial charge in [-0.1, -0.05) is 18.5 Å². The van der Waals surface area contributed by atoms with Crippen molar-refractivity contribution in [3.63, 3.8) is 0 Å². The number of rotatable bonds is 3. The van der Waals surface area contributed by atoms with Crippen molar-refractivity contribution in [2.45, 2.75) is 26.8 Å². The van der Waals surface area contributed by atoms with Crippen molar-refractivity contribution in [3.05, 3.63) is 22.0 Å². The molecule has 1 aliphatic rings. The van der Waals surface area contributed by atoms with Gasteiger partial charge in [-0.2, -0.15) is 5.10 Å². The first-order valence-electron chi connectivity index (χ1n) is 5.41. The standard InChI is InChI=1S/C11H16ClN3/c1-3-9-11(12)10(15(4-2)14-9)5-8-6-13-7-8/h5,13H,3-4,6-7H2,1-2H3. The van der Waals surface area contributed by atoms with Crippen molar-refractivity contribution in [3.8, 4) is 0 Å². The Bertz CT molecular complexity index is 387. The highest BCUT2D eigenvalue weighted by Crippen LogP contribution is 2.24. The zero-order valence-electron chi connectivity index (χ0n) is 9.18. The molecule has 2 rings (SSSR count). The van der Waals surface area contributed by atoms with Gasteiger partial charge in [0, 0.05) is 19.6 Å². The predicted molar refractivity (Wildman–Crippen MR) is 63.1 cm³/mol. The summed E-state index contributed by atoms with van der Waals surface area (Å²) in [4.78, 5) is 0. The highest BCUT2D eigenvalue weighted by Gasteiger charge is 2.15. The van der Waals surface area contributed by atoms with Gasteiger partial charge >= 0.3 is 0 Å². The zero-order valence-corrected chi connectivity index (χ0v) is 9.93. The third-order valence-corrected chi connectivity index (χ3v) is 3.09. The van der Waals surface area contributed by atoms with E-state index in [0.29, 0.717) is 0 Å². The van der Waals surface area contributed by atoms with E-state index < -0.39 is 0 Å². The molecule has 1 saturated heterocycles. The fourth-order valence-electron chi connectivity index (χ4n) is 1.67. The summed E-state index contributed by atoms with van der Waals surface area (Å²) in [5.74, 6) is 0. The average Bonchev–Trinajstić information content (AvgIpc) is 2.49. The van der Waals surface area contributed by atoms with E-state index in [2.05, 4.69) is 30.3 Å². The van der Waals surface area contributed by atoms with Crippen molar-refractivity contribution >= 4 is 17.7 Å². The number of aromatic nitrogens is 2. The highest BCUT2D eigenvalue weighted by atomic mass is 35.5. The number of nitrogens with one attached hydrogen (secondary N) is 1. The molecular formula is C11H16ClN3. The maximum Gasteiger partial charge on any atom is 0.0891 e. The lowest BCUT2D eigenvalue weighted by Gasteiger charge is -2.18. The maximum absolute atomic E-state index is 6.29. The van der Waals surface area contributed by atoms with E-state index >= 15 is 0 Å². The van der Waals surface area contributed by atoms with E-state index in [9.17, 15) is 0 Å². The Kier molecular flexibility index (Phi) is 3.12. The Morgan fingerprint density at radius 1 is 1.47 bits per heavy atom. The van der Waals surface area contributed by atoms with Gasteiger partial charge < -0.3 is 5.32 Å². The number of halogens is 1.